The molecule has 0 aromatic carbocycles. The largest absolute Gasteiger partial charge is 0.415 e. The van der Waals surface area contributed by atoms with Crippen LogP contribution >= 0.6 is 0 Å². The quantitative estimate of drug-likeness (QED) is 0.741. The van der Waals surface area contributed by atoms with Crippen LogP contribution in [-0.2, 0) is 14.3 Å². The van der Waals surface area contributed by atoms with Crippen LogP contribution in [0.4, 0.5) is 4.79 Å². The smallest absolute Gasteiger partial charge is 0.412 e. The highest BCUT2D eigenvalue weighted by molar-refractivity contribution is 5.90. The van der Waals surface area contributed by atoms with Crippen molar-refractivity contribution in [2.24, 2.45) is 0 Å². The van der Waals surface area contributed by atoms with Crippen LogP contribution in [0.1, 0.15) is 51.9 Å². The molecule has 1 spiro atoms. The van der Waals surface area contributed by atoms with Crippen molar-refractivity contribution in [2.75, 3.05) is 32.8 Å². The number of morpholine rings is 1. The Morgan fingerprint density at radius 3 is 2.58 bits per heavy atom. The van der Waals surface area contributed by atoms with Crippen LogP contribution in [0, 0.1) is 0 Å². The summed E-state index contributed by atoms with van der Waals surface area (Å²) >= 11 is 0. The molecule has 134 valence electrons. The summed E-state index contributed by atoms with van der Waals surface area (Å²) in [6.45, 7) is 5.17. The molecule has 0 atom stereocenters. The van der Waals surface area contributed by atoms with Crippen molar-refractivity contribution in [2.45, 2.75) is 57.4 Å². The Hall–Kier alpha value is -1.56. The summed E-state index contributed by atoms with van der Waals surface area (Å²) in [5.74, 6) is 0.503. The van der Waals surface area contributed by atoms with E-state index in [-0.39, 0.29) is 12.0 Å². The van der Waals surface area contributed by atoms with Gasteiger partial charge >= 0.3 is 6.09 Å². The molecule has 3 fully saturated rings. The van der Waals surface area contributed by atoms with Crippen molar-refractivity contribution in [1.82, 2.24) is 9.80 Å². The predicted molar refractivity (Wildman–Crippen MR) is 89.4 cm³/mol. The lowest BCUT2D eigenvalue weighted by Crippen LogP contribution is -2.48. The van der Waals surface area contributed by atoms with Crippen LogP contribution in [0.5, 0.6) is 0 Å². The molecule has 6 nitrogen and oxygen atoms in total. The van der Waals surface area contributed by atoms with Crippen LogP contribution < -0.4 is 0 Å². The first kappa shape index (κ1) is 17.3. The fourth-order valence-corrected chi connectivity index (χ4v) is 3.98. The van der Waals surface area contributed by atoms with E-state index in [1.165, 1.54) is 6.42 Å². The van der Waals surface area contributed by atoms with Gasteiger partial charge in [0.25, 0.3) is 0 Å². The van der Waals surface area contributed by atoms with E-state index in [9.17, 15) is 9.59 Å². The second-order valence-electron chi connectivity index (χ2n) is 6.91. The van der Waals surface area contributed by atoms with Crippen molar-refractivity contribution < 1.29 is 19.1 Å². The first-order chi connectivity index (χ1) is 11.7. The van der Waals surface area contributed by atoms with Gasteiger partial charge in [-0.3, -0.25) is 9.69 Å². The van der Waals surface area contributed by atoms with E-state index >= 15 is 0 Å². The third-order valence-corrected chi connectivity index (χ3v) is 5.39. The minimum Gasteiger partial charge on any atom is -0.412 e. The lowest BCUT2D eigenvalue weighted by atomic mass is 9.79. The van der Waals surface area contributed by atoms with Crippen LogP contribution in [0.25, 0.3) is 0 Å². The molecule has 2 heterocycles. The molecular formula is C18H28N2O4. The summed E-state index contributed by atoms with van der Waals surface area (Å²) < 4.78 is 10.9. The highest BCUT2D eigenvalue weighted by Crippen LogP contribution is 2.45. The molecule has 6 heteroatoms. The summed E-state index contributed by atoms with van der Waals surface area (Å²) in [7, 11) is 0. The molecule has 0 aromatic heterocycles. The molecule has 2 amide bonds. The van der Waals surface area contributed by atoms with Gasteiger partial charge < -0.3 is 14.4 Å². The van der Waals surface area contributed by atoms with Crippen molar-refractivity contribution in [1.29, 1.82) is 0 Å². The van der Waals surface area contributed by atoms with Gasteiger partial charge in [0.05, 0.1) is 13.2 Å². The summed E-state index contributed by atoms with van der Waals surface area (Å²) in [4.78, 5) is 28.7. The number of hydrogen-bond acceptors (Lipinski definition) is 4. The van der Waals surface area contributed by atoms with Crippen LogP contribution in [-0.4, -0.2) is 60.2 Å². The SMILES string of the molecule is CCCCN1C(=O)O/C(=C\C(=O)N2CCOCC2)C12CCCCC2. The number of carbonyl (C=O) groups is 2. The number of amides is 2. The normalized spacial score (nSPS) is 25.4. The molecule has 0 bridgehead atoms. The molecule has 2 aliphatic heterocycles. The zero-order valence-electron chi connectivity index (χ0n) is 14.6. The third kappa shape index (κ3) is 3.29. The first-order valence-corrected chi connectivity index (χ1v) is 9.25. The lowest BCUT2D eigenvalue weighted by molar-refractivity contribution is -0.130. The minimum absolute atomic E-state index is 0.0663. The maximum Gasteiger partial charge on any atom is 0.415 e. The molecule has 3 rings (SSSR count). The fraction of sp³-hybridized carbons (Fsp3) is 0.778. The van der Waals surface area contributed by atoms with Crippen LogP contribution in [0.15, 0.2) is 11.8 Å². The van der Waals surface area contributed by atoms with Gasteiger partial charge in [-0.05, 0) is 19.3 Å². The predicted octanol–water partition coefficient (Wildman–Crippen LogP) is 2.68. The van der Waals surface area contributed by atoms with E-state index in [0.29, 0.717) is 38.6 Å². The third-order valence-electron chi connectivity index (χ3n) is 5.39. The topological polar surface area (TPSA) is 59.1 Å². The van der Waals surface area contributed by atoms with E-state index in [1.807, 2.05) is 4.90 Å². The van der Waals surface area contributed by atoms with E-state index in [2.05, 4.69) is 6.92 Å². The van der Waals surface area contributed by atoms with E-state index < -0.39 is 5.54 Å². The van der Waals surface area contributed by atoms with Crippen molar-refractivity contribution in [3.05, 3.63) is 11.8 Å². The second-order valence-corrected chi connectivity index (χ2v) is 6.91. The summed E-state index contributed by atoms with van der Waals surface area (Å²) in [5, 5.41) is 0. The van der Waals surface area contributed by atoms with E-state index in [1.54, 1.807) is 11.0 Å². The molecular weight excluding hydrogens is 308 g/mol. The van der Waals surface area contributed by atoms with Gasteiger partial charge in [0.1, 0.15) is 11.3 Å². The molecule has 3 aliphatic rings. The van der Waals surface area contributed by atoms with E-state index in [0.717, 1.165) is 38.5 Å². The van der Waals surface area contributed by atoms with Gasteiger partial charge in [0.15, 0.2) is 0 Å². The Morgan fingerprint density at radius 1 is 1.21 bits per heavy atom. The van der Waals surface area contributed by atoms with Gasteiger partial charge in [-0.25, -0.2) is 4.79 Å². The van der Waals surface area contributed by atoms with Crippen molar-refractivity contribution >= 4 is 12.0 Å². The second kappa shape index (κ2) is 7.55. The molecule has 0 unspecified atom stereocenters. The maximum atomic E-state index is 12.6. The number of rotatable bonds is 4. The Kier molecular flexibility index (Phi) is 5.43. The fourth-order valence-electron chi connectivity index (χ4n) is 3.98. The van der Waals surface area contributed by atoms with Gasteiger partial charge in [-0.15, -0.1) is 0 Å². The number of nitrogens with zero attached hydrogens (tertiary/aromatic N) is 2. The van der Waals surface area contributed by atoms with Gasteiger partial charge in [0, 0.05) is 25.7 Å². The molecule has 24 heavy (non-hydrogen) atoms. The average molecular weight is 336 g/mol. The molecule has 0 N–H and O–H groups in total. The number of ether oxygens (including phenoxy) is 2. The Bertz CT molecular complexity index is 505. The molecule has 2 saturated heterocycles. The molecule has 1 aliphatic carbocycles. The van der Waals surface area contributed by atoms with Crippen LogP contribution in [0.2, 0.25) is 0 Å². The van der Waals surface area contributed by atoms with Crippen molar-refractivity contribution in [3.8, 4) is 0 Å². The number of carbonyl (C=O) groups excluding carboxylic acids is 2. The molecule has 0 radical (unpaired) electrons. The minimum atomic E-state index is -0.396. The summed E-state index contributed by atoms with van der Waals surface area (Å²) in [5.41, 5.74) is -0.396. The van der Waals surface area contributed by atoms with E-state index in [4.69, 9.17) is 9.47 Å². The number of unbranched alkanes of at least 4 members (excludes halogenated alkanes) is 1. The Labute approximate surface area is 143 Å². The first-order valence-electron chi connectivity index (χ1n) is 9.25. The molecule has 1 saturated carbocycles. The van der Waals surface area contributed by atoms with Crippen molar-refractivity contribution in [3.63, 3.8) is 0 Å². The zero-order chi connectivity index (χ0) is 17.0. The lowest BCUT2D eigenvalue weighted by Gasteiger charge is -2.39. The Balaban J connectivity index is 1.83. The highest BCUT2D eigenvalue weighted by Gasteiger charge is 2.52. The number of hydrogen-bond donors (Lipinski definition) is 0. The Morgan fingerprint density at radius 2 is 1.92 bits per heavy atom. The zero-order valence-corrected chi connectivity index (χ0v) is 14.6. The van der Waals surface area contributed by atoms with Gasteiger partial charge in [-0.1, -0.05) is 32.6 Å². The maximum absolute atomic E-state index is 12.6. The average Bonchev–Trinajstić information content (AvgIpc) is 2.85. The monoisotopic (exact) mass is 336 g/mol. The van der Waals surface area contributed by atoms with Gasteiger partial charge in [0.2, 0.25) is 5.91 Å². The summed E-state index contributed by atoms with van der Waals surface area (Å²) in [6, 6.07) is 0. The standard InChI is InChI=1S/C18H28N2O4/c1-2-3-9-20-17(22)24-15(18(20)7-5-4-6-8-18)14-16(21)19-10-12-23-13-11-19/h14H,2-13H2,1H3/b15-14-. The molecule has 0 aromatic rings. The number of cyclic esters (lactones) is 1. The van der Waals surface area contributed by atoms with Gasteiger partial charge in [-0.2, -0.15) is 0 Å². The van der Waals surface area contributed by atoms with Crippen LogP contribution in [0.3, 0.4) is 0 Å². The summed E-state index contributed by atoms with van der Waals surface area (Å²) in [6.07, 6.45) is 8.39. The highest BCUT2D eigenvalue weighted by atomic mass is 16.6.